The lowest BCUT2D eigenvalue weighted by Crippen LogP contribution is -2.38. The third-order valence-electron chi connectivity index (χ3n) is 6.60. The van der Waals surface area contributed by atoms with Crippen LogP contribution in [0.1, 0.15) is 55.4 Å². The van der Waals surface area contributed by atoms with Crippen molar-refractivity contribution in [3.8, 4) is 17.2 Å². The fourth-order valence-corrected chi connectivity index (χ4v) is 4.81. The van der Waals surface area contributed by atoms with Gasteiger partial charge >= 0.3 is 0 Å². The average Bonchev–Trinajstić information content (AvgIpc) is 2.82. The fraction of sp³-hybridized carbons (Fsp3) is 0.400. The van der Waals surface area contributed by atoms with Crippen LogP contribution in [0.4, 0.5) is 5.69 Å². The van der Waals surface area contributed by atoms with Gasteiger partial charge in [-0.05, 0) is 105 Å². The molecule has 0 aliphatic heterocycles. The second kappa shape index (κ2) is 10.6. The first-order valence-electron chi connectivity index (χ1n) is 12.5. The SMILES string of the molecule is COc1ccc(C2CCc3cc(O)ccc3C2)c(NC(C)Cc2ccc(OCC(C)(C)N)cc2)c1. The van der Waals surface area contributed by atoms with Gasteiger partial charge in [-0.1, -0.05) is 24.3 Å². The quantitative estimate of drug-likeness (QED) is 0.364. The smallest absolute Gasteiger partial charge is 0.120 e. The van der Waals surface area contributed by atoms with Crippen LogP contribution in [0.25, 0.3) is 0 Å². The normalized spacial score (nSPS) is 16.3. The maximum Gasteiger partial charge on any atom is 0.120 e. The summed E-state index contributed by atoms with van der Waals surface area (Å²) in [5, 5.41) is 13.6. The number of fused-ring (bicyclic) bond motifs is 1. The van der Waals surface area contributed by atoms with E-state index >= 15 is 0 Å². The number of nitrogens with one attached hydrogen (secondary N) is 1. The number of nitrogens with two attached hydrogens (primary N) is 1. The van der Waals surface area contributed by atoms with E-state index in [1.54, 1.807) is 13.2 Å². The molecule has 0 fully saturated rings. The minimum atomic E-state index is -0.353. The molecular formula is C30H38N2O3. The maximum atomic E-state index is 9.83. The summed E-state index contributed by atoms with van der Waals surface area (Å²) in [6.07, 6.45) is 3.91. The number of anilines is 1. The predicted molar refractivity (Wildman–Crippen MR) is 143 cm³/mol. The Morgan fingerprint density at radius 1 is 1.03 bits per heavy atom. The molecule has 0 radical (unpaired) electrons. The predicted octanol–water partition coefficient (Wildman–Crippen LogP) is 5.83. The van der Waals surface area contributed by atoms with E-state index < -0.39 is 0 Å². The molecule has 5 nitrogen and oxygen atoms in total. The Labute approximate surface area is 209 Å². The van der Waals surface area contributed by atoms with Crippen molar-refractivity contribution in [3.05, 3.63) is 82.9 Å². The van der Waals surface area contributed by atoms with Crippen molar-refractivity contribution in [2.45, 2.75) is 64.0 Å². The molecule has 0 aromatic heterocycles. The zero-order valence-corrected chi connectivity index (χ0v) is 21.3. The highest BCUT2D eigenvalue weighted by atomic mass is 16.5. The van der Waals surface area contributed by atoms with Crippen LogP contribution in [-0.4, -0.2) is 30.4 Å². The molecule has 0 spiro atoms. The van der Waals surface area contributed by atoms with Crippen LogP contribution < -0.4 is 20.5 Å². The van der Waals surface area contributed by atoms with Gasteiger partial charge in [0.1, 0.15) is 23.9 Å². The van der Waals surface area contributed by atoms with Crippen LogP contribution in [0, 0.1) is 0 Å². The molecule has 2 unspecified atom stereocenters. The van der Waals surface area contributed by atoms with Gasteiger partial charge in [0.05, 0.1) is 7.11 Å². The van der Waals surface area contributed by atoms with Gasteiger partial charge in [-0.15, -0.1) is 0 Å². The summed E-state index contributed by atoms with van der Waals surface area (Å²) in [6, 6.07) is 20.7. The van der Waals surface area contributed by atoms with E-state index in [0.717, 1.165) is 42.9 Å². The molecule has 2 atom stereocenters. The van der Waals surface area contributed by atoms with E-state index in [-0.39, 0.29) is 11.6 Å². The highest BCUT2D eigenvalue weighted by Crippen LogP contribution is 2.38. The van der Waals surface area contributed by atoms with E-state index in [0.29, 0.717) is 18.3 Å². The van der Waals surface area contributed by atoms with Crippen LogP contribution in [0.15, 0.2) is 60.7 Å². The Kier molecular flexibility index (Phi) is 7.56. The zero-order chi connectivity index (χ0) is 25.0. The molecule has 4 N–H and O–H groups in total. The number of hydrogen-bond acceptors (Lipinski definition) is 5. The molecule has 4 rings (SSSR count). The molecule has 1 aliphatic carbocycles. The first-order chi connectivity index (χ1) is 16.7. The number of methoxy groups -OCH3 is 1. The largest absolute Gasteiger partial charge is 0.508 e. The van der Waals surface area contributed by atoms with Gasteiger partial charge in [0.25, 0.3) is 0 Å². The number of ether oxygens (including phenoxy) is 2. The van der Waals surface area contributed by atoms with Gasteiger partial charge in [0.2, 0.25) is 0 Å². The number of aromatic hydroxyl groups is 1. The first kappa shape index (κ1) is 24.9. The minimum absolute atomic E-state index is 0.239. The van der Waals surface area contributed by atoms with Crippen LogP contribution in [0.3, 0.4) is 0 Å². The Morgan fingerprint density at radius 2 is 1.77 bits per heavy atom. The molecule has 5 heteroatoms. The van der Waals surface area contributed by atoms with Crippen molar-refractivity contribution in [2.24, 2.45) is 5.73 Å². The number of hydrogen-bond donors (Lipinski definition) is 3. The van der Waals surface area contributed by atoms with Gasteiger partial charge < -0.3 is 25.6 Å². The molecule has 3 aromatic rings. The van der Waals surface area contributed by atoms with Crippen molar-refractivity contribution in [1.82, 2.24) is 0 Å². The Bertz CT molecular complexity index is 1140. The second-order valence-corrected chi connectivity index (χ2v) is 10.5. The van der Waals surface area contributed by atoms with Crippen LogP contribution in [0.5, 0.6) is 17.2 Å². The third kappa shape index (κ3) is 6.70. The lowest BCUT2D eigenvalue weighted by Gasteiger charge is -2.28. The van der Waals surface area contributed by atoms with Crippen molar-refractivity contribution < 1.29 is 14.6 Å². The summed E-state index contributed by atoms with van der Waals surface area (Å²) in [5.74, 6) is 2.48. The van der Waals surface area contributed by atoms with Gasteiger partial charge in [-0.3, -0.25) is 0 Å². The summed E-state index contributed by atoms with van der Waals surface area (Å²) in [6.45, 7) is 6.61. The van der Waals surface area contributed by atoms with E-state index in [9.17, 15) is 5.11 Å². The maximum absolute atomic E-state index is 9.83. The number of benzene rings is 3. The third-order valence-corrected chi connectivity index (χ3v) is 6.60. The molecule has 0 saturated heterocycles. The molecule has 0 amide bonds. The fourth-order valence-electron chi connectivity index (χ4n) is 4.81. The molecule has 0 saturated carbocycles. The summed E-state index contributed by atoms with van der Waals surface area (Å²) >= 11 is 0. The molecule has 1 aliphatic rings. The molecule has 3 aromatic carbocycles. The van der Waals surface area contributed by atoms with Crippen molar-refractivity contribution in [1.29, 1.82) is 0 Å². The van der Waals surface area contributed by atoms with E-state index in [4.69, 9.17) is 15.2 Å². The molecule has 186 valence electrons. The van der Waals surface area contributed by atoms with Crippen LogP contribution in [0.2, 0.25) is 0 Å². The van der Waals surface area contributed by atoms with E-state index in [1.165, 1.54) is 22.3 Å². The summed E-state index contributed by atoms with van der Waals surface area (Å²) in [4.78, 5) is 0. The minimum Gasteiger partial charge on any atom is -0.508 e. The highest BCUT2D eigenvalue weighted by Gasteiger charge is 2.23. The Hall–Kier alpha value is -3.18. The summed E-state index contributed by atoms with van der Waals surface area (Å²) in [7, 11) is 1.71. The lowest BCUT2D eigenvalue weighted by molar-refractivity contribution is 0.243. The van der Waals surface area contributed by atoms with Gasteiger partial charge in [-0.2, -0.15) is 0 Å². The van der Waals surface area contributed by atoms with Crippen molar-refractivity contribution in [2.75, 3.05) is 19.0 Å². The van der Waals surface area contributed by atoms with E-state index in [2.05, 4.69) is 48.6 Å². The standard InChI is InChI=1S/C30H38N2O3/c1-20(15-21-5-11-26(12-6-21)35-19-30(2,3)31)32-29-18-27(34-4)13-14-28(29)24-8-7-23-17-25(33)10-9-22(23)16-24/h5-6,9-14,17-18,20,24,32-33H,7-8,15-16,19,31H2,1-4H3. The van der Waals surface area contributed by atoms with Crippen molar-refractivity contribution in [3.63, 3.8) is 0 Å². The van der Waals surface area contributed by atoms with Gasteiger partial charge in [-0.25, -0.2) is 0 Å². The number of phenols is 1. The Morgan fingerprint density at radius 3 is 2.49 bits per heavy atom. The van der Waals surface area contributed by atoms with Gasteiger partial charge in [0, 0.05) is 23.3 Å². The molecule has 0 bridgehead atoms. The lowest BCUT2D eigenvalue weighted by atomic mass is 9.79. The van der Waals surface area contributed by atoms with Gasteiger partial charge in [0.15, 0.2) is 0 Å². The molecule has 0 heterocycles. The second-order valence-electron chi connectivity index (χ2n) is 10.5. The first-order valence-corrected chi connectivity index (χ1v) is 12.5. The molecule has 35 heavy (non-hydrogen) atoms. The average molecular weight is 475 g/mol. The highest BCUT2D eigenvalue weighted by molar-refractivity contribution is 5.58. The molecular weight excluding hydrogens is 436 g/mol. The topological polar surface area (TPSA) is 76.7 Å². The van der Waals surface area contributed by atoms with Crippen molar-refractivity contribution >= 4 is 5.69 Å². The zero-order valence-electron chi connectivity index (χ0n) is 21.3. The Balaban J connectivity index is 1.45. The summed E-state index contributed by atoms with van der Waals surface area (Å²) < 4.78 is 11.3. The van der Waals surface area contributed by atoms with E-state index in [1.807, 2.05) is 32.0 Å². The van der Waals surface area contributed by atoms with Crippen LogP contribution >= 0.6 is 0 Å². The number of phenolic OH excluding ortho intramolecular Hbond substituents is 1. The number of rotatable bonds is 9. The van der Waals surface area contributed by atoms with Crippen LogP contribution in [-0.2, 0) is 19.3 Å². The monoisotopic (exact) mass is 474 g/mol. The summed E-state index contributed by atoms with van der Waals surface area (Å²) in [5.41, 5.74) is 12.0. The number of aryl methyl sites for hydroxylation is 1.